The predicted octanol–water partition coefficient (Wildman–Crippen LogP) is 4.59. The van der Waals surface area contributed by atoms with E-state index in [1.807, 2.05) is 24.3 Å². The fraction of sp³-hybridized carbons (Fsp3) is 0.636. The third-order valence-corrected chi connectivity index (χ3v) is 4.16. The molecular weight excluding hydrogens is 324 g/mol. The Balaban J connectivity index is 2.67. The van der Waals surface area contributed by atoms with Crippen molar-refractivity contribution in [2.24, 2.45) is 11.8 Å². The van der Waals surface area contributed by atoms with Crippen LogP contribution in [-0.4, -0.2) is 23.8 Å². The molecule has 1 atom stereocenters. The first-order chi connectivity index (χ1) is 12.2. The highest BCUT2D eigenvalue weighted by atomic mass is 16.1. The number of amides is 1. The standard InChI is InChI=1S/C22H36N2O2/c1-15(2)7-12-22(26)24-19-10-8-18(9-11-19)14-20(23-17(5)6)21(25)13-16(3)4/h8-11,15-17,20,23H,7,12-14H2,1-6H3,(H,24,26). The first-order valence-corrected chi connectivity index (χ1v) is 9.85. The molecule has 1 amide bonds. The molecule has 4 heteroatoms. The topological polar surface area (TPSA) is 58.2 Å². The lowest BCUT2D eigenvalue weighted by atomic mass is 9.96. The average molecular weight is 361 g/mol. The third kappa shape index (κ3) is 9.14. The smallest absolute Gasteiger partial charge is 0.224 e. The van der Waals surface area contributed by atoms with Crippen molar-refractivity contribution in [1.29, 1.82) is 0 Å². The zero-order chi connectivity index (χ0) is 19.7. The van der Waals surface area contributed by atoms with Gasteiger partial charge in [-0.25, -0.2) is 0 Å². The van der Waals surface area contributed by atoms with Crippen LogP contribution in [0.4, 0.5) is 5.69 Å². The molecule has 1 aromatic rings. The Morgan fingerprint density at radius 2 is 1.54 bits per heavy atom. The molecule has 0 bridgehead atoms. The molecule has 0 aliphatic heterocycles. The van der Waals surface area contributed by atoms with Crippen molar-refractivity contribution in [3.63, 3.8) is 0 Å². The number of nitrogens with one attached hydrogen (secondary N) is 2. The van der Waals surface area contributed by atoms with Gasteiger partial charge >= 0.3 is 0 Å². The zero-order valence-electron chi connectivity index (χ0n) is 17.3. The Hall–Kier alpha value is -1.68. The second-order valence-electron chi connectivity index (χ2n) is 8.32. The number of hydrogen-bond donors (Lipinski definition) is 2. The van der Waals surface area contributed by atoms with E-state index >= 15 is 0 Å². The van der Waals surface area contributed by atoms with E-state index in [2.05, 4.69) is 52.2 Å². The van der Waals surface area contributed by atoms with Gasteiger partial charge in [0.1, 0.15) is 5.78 Å². The number of ketones is 1. The zero-order valence-corrected chi connectivity index (χ0v) is 17.3. The Kier molecular flexibility index (Phi) is 9.57. The molecule has 0 spiro atoms. The van der Waals surface area contributed by atoms with Crippen molar-refractivity contribution in [2.75, 3.05) is 5.32 Å². The van der Waals surface area contributed by atoms with Crippen molar-refractivity contribution in [1.82, 2.24) is 5.32 Å². The molecule has 0 saturated heterocycles. The van der Waals surface area contributed by atoms with Crippen LogP contribution in [0.1, 0.15) is 66.4 Å². The fourth-order valence-corrected chi connectivity index (χ4v) is 2.82. The van der Waals surface area contributed by atoms with E-state index in [1.54, 1.807) is 0 Å². The van der Waals surface area contributed by atoms with E-state index in [4.69, 9.17) is 0 Å². The highest BCUT2D eigenvalue weighted by molar-refractivity contribution is 5.90. The maximum Gasteiger partial charge on any atom is 0.224 e. The minimum absolute atomic E-state index is 0.0536. The Bertz CT molecular complexity index is 562. The van der Waals surface area contributed by atoms with Crippen molar-refractivity contribution in [3.05, 3.63) is 29.8 Å². The second-order valence-corrected chi connectivity index (χ2v) is 8.32. The Morgan fingerprint density at radius 1 is 0.923 bits per heavy atom. The van der Waals surface area contributed by atoms with Crippen LogP contribution in [0.15, 0.2) is 24.3 Å². The quantitative estimate of drug-likeness (QED) is 0.607. The largest absolute Gasteiger partial charge is 0.326 e. The summed E-state index contributed by atoms with van der Waals surface area (Å²) < 4.78 is 0. The average Bonchev–Trinajstić information content (AvgIpc) is 2.53. The summed E-state index contributed by atoms with van der Waals surface area (Å²) in [7, 11) is 0. The number of rotatable bonds is 11. The number of benzene rings is 1. The van der Waals surface area contributed by atoms with Gasteiger partial charge in [-0.3, -0.25) is 9.59 Å². The highest BCUT2D eigenvalue weighted by Gasteiger charge is 2.20. The summed E-state index contributed by atoms with van der Waals surface area (Å²) >= 11 is 0. The van der Waals surface area contributed by atoms with Gasteiger partial charge in [-0.15, -0.1) is 0 Å². The molecule has 1 aromatic carbocycles. The summed E-state index contributed by atoms with van der Waals surface area (Å²) in [6.45, 7) is 12.5. The lowest BCUT2D eigenvalue weighted by molar-refractivity contribution is -0.122. The van der Waals surface area contributed by atoms with Crippen LogP contribution in [-0.2, 0) is 16.0 Å². The molecule has 2 N–H and O–H groups in total. The molecule has 0 aliphatic carbocycles. The van der Waals surface area contributed by atoms with E-state index in [-0.39, 0.29) is 23.8 Å². The molecule has 0 aromatic heterocycles. The maximum absolute atomic E-state index is 12.5. The van der Waals surface area contributed by atoms with Crippen LogP contribution in [0.2, 0.25) is 0 Å². The van der Waals surface area contributed by atoms with E-state index < -0.39 is 0 Å². The molecule has 1 rings (SSSR count). The minimum atomic E-state index is -0.163. The van der Waals surface area contributed by atoms with Gasteiger partial charge in [0.15, 0.2) is 0 Å². The van der Waals surface area contributed by atoms with Gasteiger partial charge in [0.05, 0.1) is 6.04 Å². The summed E-state index contributed by atoms with van der Waals surface area (Å²) in [6, 6.07) is 7.93. The molecule has 146 valence electrons. The first kappa shape index (κ1) is 22.4. The van der Waals surface area contributed by atoms with Gasteiger partial charge in [0.25, 0.3) is 0 Å². The van der Waals surface area contributed by atoms with E-state index in [0.29, 0.717) is 31.1 Å². The summed E-state index contributed by atoms with van der Waals surface area (Å²) in [5.41, 5.74) is 1.91. The molecule has 0 radical (unpaired) electrons. The summed E-state index contributed by atoms with van der Waals surface area (Å²) in [6.07, 6.45) is 2.70. The number of hydrogen-bond acceptors (Lipinski definition) is 3. The van der Waals surface area contributed by atoms with Gasteiger partial charge in [-0.2, -0.15) is 0 Å². The van der Waals surface area contributed by atoms with Gasteiger partial charge in [-0.1, -0.05) is 53.7 Å². The SMILES string of the molecule is CC(C)CCC(=O)Nc1ccc(CC(NC(C)C)C(=O)CC(C)C)cc1. The van der Waals surface area contributed by atoms with Gasteiger partial charge < -0.3 is 10.6 Å². The molecule has 4 nitrogen and oxygen atoms in total. The van der Waals surface area contributed by atoms with Gasteiger partial charge in [0, 0.05) is 24.6 Å². The molecular formula is C22H36N2O2. The van der Waals surface area contributed by atoms with Crippen molar-refractivity contribution < 1.29 is 9.59 Å². The monoisotopic (exact) mass is 360 g/mol. The van der Waals surface area contributed by atoms with Crippen LogP contribution in [0.3, 0.4) is 0 Å². The minimum Gasteiger partial charge on any atom is -0.326 e. The predicted molar refractivity (Wildman–Crippen MR) is 109 cm³/mol. The molecule has 0 saturated carbocycles. The number of Topliss-reactive ketones (excluding diaryl/α,β-unsaturated/α-hetero) is 1. The molecule has 0 heterocycles. The molecule has 0 fully saturated rings. The Morgan fingerprint density at radius 3 is 2.04 bits per heavy atom. The molecule has 0 aliphatic rings. The van der Waals surface area contributed by atoms with E-state index in [9.17, 15) is 9.59 Å². The van der Waals surface area contributed by atoms with Crippen LogP contribution >= 0.6 is 0 Å². The van der Waals surface area contributed by atoms with E-state index in [1.165, 1.54) is 0 Å². The van der Waals surface area contributed by atoms with Crippen LogP contribution in [0.5, 0.6) is 0 Å². The lowest BCUT2D eigenvalue weighted by Crippen LogP contribution is -2.42. The lowest BCUT2D eigenvalue weighted by Gasteiger charge is -2.21. The number of anilines is 1. The van der Waals surface area contributed by atoms with Crippen LogP contribution < -0.4 is 10.6 Å². The fourth-order valence-electron chi connectivity index (χ4n) is 2.82. The van der Waals surface area contributed by atoms with Crippen LogP contribution in [0.25, 0.3) is 0 Å². The Labute approximate surface area is 159 Å². The van der Waals surface area contributed by atoms with Gasteiger partial charge in [0.2, 0.25) is 5.91 Å². The van der Waals surface area contributed by atoms with Crippen LogP contribution in [0, 0.1) is 11.8 Å². The van der Waals surface area contributed by atoms with Gasteiger partial charge in [-0.05, 0) is 42.4 Å². The third-order valence-electron chi connectivity index (χ3n) is 4.16. The molecule has 1 unspecified atom stereocenters. The maximum atomic E-state index is 12.5. The highest BCUT2D eigenvalue weighted by Crippen LogP contribution is 2.15. The van der Waals surface area contributed by atoms with E-state index in [0.717, 1.165) is 17.7 Å². The second kappa shape index (κ2) is 11.1. The number of carbonyl (C=O) groups excluding carboxylic acids is 2. The summed E-state index contributed by atoms with van der Waals surface area (Å²) in [5, 5.41) is 6.33. The normalized spacial score (nSPS) is 12.7. The molecule has 26 heavy (non-hydrogen) atoms. The summed E-state index contributed by atoms with van der Waals surface area (Å²) in [4.78, 5) is 24.4. The van der Waals surface area contributed by atoms with Crippen molar-refractivity contribution in [3.8, 4) is 0 Å². The number of carbonyl (C=O) groups is 2. The van der Waals surface area contributed by atoms with Crippen molar-refractivity contribution in [2.45, 2.75) is 79.3 Å². The summed E-state index contributed by atoms with van der Waals surface area (Å²) in [5.74, 6) is 1.21. The first-order valence-electron chi connectivity index (χ1n) is 9.85. The van der Waals surface area contributed by atoms with Crippen molar-refractivity contribution >= 4 is 17.4 Å².